The Labute approximate surface area is 121 Å². The molecule has 0 spiro atoms. The van der Waals surface area contributed by atoms with E-state index in [2.05, 4.69) is 10.2 Å². The molecular formula is C12H10F3N3O2S. The monoisotopic (exact) mass is 317 g/mol. The molecule has 1 heterocycles. The highest BCUT2D eigenvalue weighted by Crippen LogP contribution is 2.36. The van der Waals surface area contributed by atoms with Crippen LogP contribution in [-0.2, 0) is 18.0 Å². The molecule has 0 aliphatic carbocycles. The van der Waals surface area contributed by atoms with E-state index in [1.165, 1.54) is 29.8 Å². The Kier molecular flexibility index (Phi) is 4.21. The van der Waals surface area contributed by atoms with Crippen LogP contribution in [-0.4, -0.2) is 31.6 Å². The topological polar surface area (TPSA) is 68.0 Å². The van der Waals surface area contributed by atoms with E-state index in [0.717, 1.165) is 17.8 Å². The van der Waals surface area contributed by atoms with Gasteiger partial charge in [0.25, 0.3) is 0 Å². The van der Waals surface area contributed by atoms with Crippen molar-refractivity contribution in [1.29, 1.82) is 0 Å². The van der Waals surface area contributed by atoms with Gasteiger partial charge in [0.1, 0.15) is 0 Å². The number of hydrogen-bond donors (Lipinski definition) is 1. The van der Waals surface area contributed by atoms with Gasteiger partial charge in [0.05, 0.1) is 11.3 Å². The van der Waals surface area contributed by atoms with Crippen LogP contribution in [0.1, 0.15) is 5.56 Å². The molecule has 0 atom stereocenters. The number of rotatable bonds is 4. The molecule has 0 amide bonds. The molecule has 5 nitrogen and oxygen atoms in total. The van der Waals surface area contributed by atoms with Crippen molar-refractivity contribution in [2.75, 3.05) is 5.75 Å². The summed E-state index contributed by atoms with van der Waals surface area (Å²) < 4.78 is 40.3. The first kappa shape index (κ1) is 15.4. The second-order valence-corrected chi connectivity index (χ2v) is 5.03. The Balaban J connectivity index is 2.42. The molecule has 0 unspecified atom stereocenters. The minimum absolute atomic E-state index is 0.0378. The second kappa shape index (κ2) is 5.76. The number of alkyl halides is 3. The van der Waals surface area contributed by atoms with E-state index in [-0.39, 0.29) is 22.3 Å². The van der Waals surface area contributed by atoms with Crippen LogP contribution in [0.4, 0.5) is 13.2 Å². The van der Waals surface area contributed by atoms with Crippen LogP contribution in [0.5, 0.6) is 0 Å². The molecule has 0 saturated carbocycles. The highest BCUT2D eigenvalue weighted by atomic mass is 32.2. The van der Waals surface area contributed by atoms with Gasteiger partial charge in [-0.15, -0.1) is 10.2 Å². The largest absolute Gasteiger partial charge is 0.481 e. The van der Waals surface area contributed by atoms with Gasteiger partial charge in [-0.3, -0.25) is 4.79 Å². The van der Waals surface area contributed by atoms with Crippen LogP contribution in [0, 0.1) is 0 Å². The van der Waals surface area contributed by atoms with Crippen molar-refractivity contribution in [2.24, 2.45) is 7.05 Å². The maximum absolute atomic E-state index is 13.0. The Morgan fingerprint density at radius 1 is 1.33 bits per heavy atom. The summed E-state index contributed by atoms with van der Waals surface area (Å²) in [4.78, 5) is 10.5. The zero-order valence-electron chi connectivity index (χ0n) is 10.8. The summed E-state index contributed by atoms with van der Waals surface area (Å²) >= 11 is 0.893. The fourth-order valence-corrected chi connectivity index (χ4v) is 2.36. The van der Waals surface area contributed by atoms with Crippen molar-refractivity contribution in [3.05, 3.63) is 29.8 Å². The minimum atomic E-state index is -4.50. The standard InChI is InChI=1S/C12H10F3N3O2S/c1-18-10(16-17-11(18)21-6-9(19)20)7-4-2-3-5-8(7)12(13,14)15/h2-5H,6H2,1H3,(H,19,20). The second-order valence-electron chi connectivity index (χ2n) is 4.09. The summed E-state index contributed by atoms with van der Waals surface area (Å²) in [5, 5.41) is 16.3. The summed E-state index contributed by atoms with van der Waals surface area (Å²) in [7, 11) is 1.49. The Morgan fingerprint density at radius 2 is 2.00 bits per heavy atom. The van der Waals surface area contributed by atoms with Crippen LogP contribution < -0.4 is 0 Å². The third-order valence-corrected chi connectivity index (χ3v) is 3.64. The molecular weight excluding hydrogens is 307 g/mol. The molecule has 2 aromatic rings. The van der Waals surface area contributed by atoms with Crippen LogP contribution in [0.15, 0.2) is 29.4 Å². The third-order valence-electron chi connectivity index (χ3n) is 2.63. The fraction of sp³-hybridized carbons (Fsp3) is 0.250. The van der Waals surface area contributed by atoms with Gasteiger partial charge in [0, 0.05) is 12.6 Å². The zero-order chi connectivity index (χ0) is 15.6. The van der Waals surface area contributed by atoms with E-state index in [4.69, 9.17) is 5.11 Å². The predicted octanol–water partition coefficient (Wildman–Crippen LogP) is 2.68. The molecule has 0 bridgehead atoms. The summed E-state index contributed by atoms with van der Waals surface area (Å²) in [5.41, 5.74) is -0.905. The lowest BCUT2D eigenvalue weighted by molar-refractivity contribution is -0.137. The number of carbonyl (C=O) groups is 1. The number of nitrogens with zero attached hydrogens (tertiary/aromatic N) is 3. The number of thioether (sulfide) groups is 1. The Morgan fingerprint density at radius 3 is 2.62 bits per heavy atom. The van der Waals surface area contributed by atoms with Gasteiger partial charge in [0.2, 0.25) is 0 Å². The van der Waals surface area contributed by atoms with Crippen LogP contribution >= 0.6 is 11.8 Å². The highest BCUT2D eigenvalue weighted by Gasteiger charge is 2.34. The maximum Gasteiger partial charge on any atom is 0.417 e. The molecule has 0 aliphatic heterocycles. The first-order valence-electron chi connectivity index (χ1n) is 5.71. The Bertz CT molecular complexity index is 670. The van der Waals surface area contributed by atoms with E-state index < -0.39 is 17.7 Å². The van der Waals surface area contributed by atoms with Gasteiger partial charge in [0.15, 0.2) is 11.0 Å². The summed E-state index contributed by atoms with van der Waals surface area (Å²) in [6.45, 7) is 0. The quantitative estimate of drug-likeness (QED) is 0.878. The molecule has 1 aromatic heterocycles. The lowest BCUT2D eigenvalue weighted by Crippen LogP contribution is -2.08. The fourth-order valence-electron chi connectivity index (χ4n) is 1.73. The number of carboxylic acid groups (broad SMARTS) is 1. The lowest BCUT2D eigenvalue weighted by Gasteiger charge is -2.12. The number of hydrogen-bond acceptors (Lipinski definition) is 4. The molecule has 1 N–H and O–H groups in total. The van der Waals surface area contributed by atoms with Crippen molar-refractivity contribution in [3.63, 3.8) is 0 Å². The number of aromatic nitrogens is 3. The van der Waals surface area contributed by atoms with E-state index in [0.29, 0.717) is 0 Å². The number of benzene rings is 1. The number of halogens is 3. The van der Waals surface area contributed by atoms with Gasteiger partial charge < -0.3 is 9.67 Å². The highest BCUT2D eigenvalue weighted by molar-refractivity contribution is 7.99. The first-order chi connectivity index (χ1) is 9.80. The SMILES string of the molecule is Cn1c(SCC(=O)O)nnc1-c1ccccc1C(F)(F)F. The molecule has 2 rings (SSSR count). The molecule has 9 heteroatoms. The van der Waals surface area contributed by atoms with Crippen LogP contribution in [0.3, 0.4) is 0 Å². The molecule has 1 aromatic carbocycles. The molecule has 0 aliphatic rings. The van der Waals surface area contributed by atoms with Crippen LogP contribution in [0.2, 0.25) is 0 Å². The molecule has 0 saturated heterocycles. The summed E-state index contributed by atoms with van der Waals surface area (Å²) in [6.07, 6.45) is -4.50. The summed E-state index contributed by atoms with van der Waals surface area (Å²) in [5.74, 6) is -1.25. The number of carboxylic acids is 1. The first-order valence-corrected chi connectivity index (χ1v) is 6.70. The van der Waals surface area contributed by atoms with E-state index >= 15 is 0 Å². The summed E-state index contributed by atoms with van der Waals surface area (Å²) in [6, 6.07) is 5.04. The van der Waals surface area contributed by atoms with Gasteiger partial charge in [-0.1, -0.05) is 30.0 Å². The Hall–Kier alpha value is -2.03. The average Bonchev–Trinajstić information content (AvgIpc) is 2.76. The van der Waals surface area contributed by atoms with Gasteiger partial charge in [-0.2, -0.15) is 13.2 Å². The average molecular weight is 317 g/mol. The van der Waals surface area contributed by atoms with Gasteiger partial charge in [-0.05, 0) is 6.07 Å². The van der Waals surface area contributed by atoms with Crippen molar-refractivity contribution in [3.8, 4) is 11.4 Å². The van der Waals surface area contributed by atoms with Gasteiger partial charge >= 0.3 is 12.1 Å². The van der Waals surface area contributed by atoms with Crippen molar-refractivity contribution in [1.82, 2.24) is 14.8 Å². The zero-order valence-corrected chi connectivity index (χ0v) is 11.6. The maximum atomic E-state index is 13.0. The smallest absolute Gasteiger partial charge is 0.417 e. The van der Waals surface area contributed by atoms with Crippen molar-refractivity contribution in [2.45, 2.75) is 11.3 Å². The third kappa shape index (κ3) is 3.35. The molecule has 112 valence electrons. The molecule has 0 fully saturated rings. The normalized spacial score (nSPS) is 11.6. The van der Waals surface area contributed by atoms with E-state index in [1.54, 1.807) is 0 Å². The molecule has 21 heavy (non-hydrogen) atoms. The van der Waals surface area contributed by atoms with Crippen molar-refractivity contribution >= 4 is 17.7 Å². The van der Waals surface area contributed by atoms with E-state index in [9.17, 15) is 18.0 Å². The minimum Gasteiger partial charge on any atom is -0.481 e. The lowest BCUT2D eigenvalue weighted by atomic mass is 10.1. The van der Waals surface area contributed by atoms with Gasteiger partial charge in [-0.25, -0.2) is 0 Å². The van der Waals surface area contributed by atoms with Crippen molar-refractivity contribution < 1.29 is 23.1 Å². The van der Waals surface area contributed by atoms with Crippen LogP contribution in [0.25, 0.3) is 11.4 Å². The molecule has 0 radical (unpaired) electrons. The predicted molar refractivity (Wildman–Crippen MR) is 69.8 cm³/mol. The van der Waals surface area contributed by atoms with E-state index in [1.807, 2.05) is 0 Å². The number of aliphatic carboxylic acids is 1.